The standard InChI is InChI=1S/C12H15N3S2/c1-8(13)5-10-3-4-11(14-6-10)17-12-15-9(2)7-16-12/h3-4,6-8H,5,13H2,1-2H3. The van der Waals surface area contributed by atoms with E-state index in [2.05, 4.69) is 16.0 Å². The SMILES string of the molecule is Cc1csc(Sc2ccc(CC(C)N)cn2)n1. The van der Waals surface area contributed by atoms with Crippen LogP contribution in [0.25, 0.3) is 0 Å². The van der Waals surface area contributed by atoms with Gasteiger partial charge in [-0.2, -0.15) is 0 Å². The van der Waals surface area contributed by atoms with E-state index in [-0.39, 0.29) is 6.04 Å². The van der Waals surface area contributed by atoms with Crippen LogP contribution < -0.4 is 5.73 Å². The van der Waals surface area contributed by atoms with E-state index in [1.165, 1.54) is 5.56 Å². The van der Waals surface area contributed by atoms with E-state index in [4.69, 9.17) is 5.73 Å². The Hall–Kier alpha value is -0.910. The summed E-state index contributed by atoms with van der Waals surface area (Å²) in [6.07, 6.45) is 2.76. The molecule has 2 aromatic heterocycles. The molecule has 0 aromatic carbocycles. The van der Waals surface area contributed by atoms with Crippen LogP contribution in [0.15, 0.2) is 33.1 Å². The predicted octanol–water partition coefficient (Wildman–Crippen LogP) is 2.89. The molecular formula is C12H15N3S2. The number of aromatic nitrogens is 2. The Morgan fingerprint density at radius 2 is 2.29 bits per heavy atom. The molecule has 0 aliphatic rings. The Kier molecular flexibility index (Phi) is 4.15. The quantitative estimate of drug-likeness (QED) is 0.923. The molecule has 5 heteroatoms. The molecule has 0 fully saturated rings. The molecule has 0 saturated carbocycles. The maximum atomic E-state index is 5.75. The van der Waals surface area contributed by atoms with Crippen LogP contribution >= 0.6 is 23.1 Å². The molecule has 17 heavy (non-hydrogen) atoms. The minimum Gasteiger partial charge on any atom is -0.328 e. The lowest BCUT2D eigenvalue weighted by atomic mass is 10.1. The molecule has 0 saturated heterocycles. The van der Waals surface area contributed by atoms with Gasteiger partial charge in [0.1, 0.15) is 5.03 Å². The van der Waals surface area contributed by atoms with Crippen molar-refractivity contribution in [2.75, 3.05) is 0 Å². The highest BCUT2D eigenvalue weighted by Crippen LogP contribution is 2.28. The van der Waals surface area contributed by atoms with Gasteiger partial charge < -0.3 is 5.73 Å². The van der Waals surface area contributed by atoms with Crippen LogP contribution in [0.1, 0.15) is 18.2 Å². The summed E-state index contributed by atoms with van der Waals surface area (Å²) in [6.45, 7) is 4.00. The number of rotatable bonds is 4. The first-order chi connectivity index (χ1) is 8.13. The summed E-state index contributed by atoms with van der Waals surface area (Å²) in [4.78, 5) is 8.81. The molecule has 0 radical (unpaired) electrons. The highest BCUT2D eigenvalue weighted by atomic mass is 32.2. The van der Waals surface area contributed by atoms with Crippen LogP contribution in [-0.4, -0.2) is 16.0 Å². The first kappa shape index (κ1) is 12.5. The largest absolute Gasteiger partial charge is 0.328 e. The monoisotopic (exact) mass is 265 g/mol. The second kappa shape index (κ2) is 5.62. The van der Waals surface area contributed by atoms with Gasteiger partial charge in [-0.1, -0.05) is 6.07 Å². The van der Waals surface area contributed by atoms with Gasteiger partial charge in [0.25, 0.3) is 0 Å². The van der Waals surface area contributed by atoms with E-state index in [9.17, 15) is 0 Å². The van der Waals surface area contributed by atoms with Crippen LogP contribution in [-0.2, 0) is 6.42 Å². The van der Waals surface area contributed by atoms with Crippen LogP contribution in [0.2, 0.25) is 0 Å². The van der Waals surface area contributed by atoms with E-state index < -0.39 is 0 Å². The molecule has 0 spiro atoms. The Labute approximate surface area is 109 Å². The summed E-state index contributed by atoms with van der Waals surface area (Å²) in [5.41, 5.74) is 7.99. The first-order valence-electron chi connectivity index (χ1n) is 5.44. The third kappa shape index (κ3) is 3.80. The fourth-order valence-corrected chi connectivity index (χ4v) is 3.16. The minimum atomic E-state index is 0.178. The molecule has 2 aromatic rings. The summed E-state index contributed by atoms with van der Waals surface area (Å²) in [7, 11) is 0. The normalized spacial score (nSPS) is 12.6. The zero-order chi connectivity index (χ0) is 12.3. The molecule has 0 aliphatic carbocycles. The summed E-state index contributed by atoms with van der Waals surface area (Å²) in [6, 6.07) is 4.29. The van der Waals surface area contributed by atoms with Crippen molar-refractivity contribution in [1.29, 1.82) is 0 Å². The van der Waals surface area contributed by atoms with Crippen molar-refractivity contribution in [3.63, 3.8) is 0 Å². The second-order valence-electron chi connectivity index (χ2n) is 4.04. The van der Waals surface area contributed by atoms with Crippen LogP contribution in [0.3, 0.4) is 0 Å². The zero-order valence-corrected chi connectivity index (χ0v) is 11.5. The number of thiazole rings is 1. The van der Waals surface area contributed by atoms with E-state index in [0.29, 0.717) is 0 Å². The lowest BCUT2D eigenvalue weighted by Crippen LogP contribution is -2.17. The molecule has 90 valence electrons. The van der Waals surface area contributed by atoms with E-state index >= 15 is 0 Å². The van der Waals surface area contributed by atoms with Crippen LogP contribution in [0.4, 0.5) is 0 Å². The maximum Gasteiger partial charge on any atom is 0.156 e. The average molecular weight is 265 g/mol. The highest BCUT2D eigenvalue weighted by Gasteiger charge is 2.04. The number of aryl methyl sites for hydroxylation is 1. The molecule has 2 heterocycles. The third-order valence-electron chi connectivity index (χ3n) is 2.15. The molecule has 2 N–H and O–H groups in total. The molecule has 0 aliphatic heterocycles. The smallest absolute Gasteiger partial charge is 0.156 e. The maximum absolute atomic E-state index is 5.75. The lowest BCUT2D eigenvalue weighted by Gasteiger charge is -2.04. The zero-order valence-electron chi connectivity index (χ0n) is 9.88. The topological polar surface area (TPSA) is 51.8 Å². The van der Waals surface area contributed by atoms with Crippen molar-refractivity contribution in [2.45, 2.75) is 35.7 Å². The number of nitrogens with zero attached hydrogens (tertiary/aromatic N) is 2. The van der Waals surface area contributed by atoms with Gasteiger partial charge in [0.2, 0.25) is 0 Å². The summed E-state index contributed by atoms with van der Waals surface area (Å²) >= 11 is 3.25. The fraction of sp³-hybridized carbons (Fsp3) is 0.333. The Bertz CT molecular complexity index is 477. The molecule has 0 bridgehead atoms. The number of pyridine rings is 1. The second-order valence-corrected chi connectivity index (χ2v) is 6.17. The van der Waals surface area contributed by atoms with Crippen molar-refractivity contribution >= 4 is 23.1 Å². The van der Waals surface area contributed by atoms with Gasteiger partial charge in [-0.25, -0.2) is 9.97 Å². The van der Waals surface area contributed by atoms with Crippen molar-refractivity contribution in [1.82, 2.24) is 9.97 Å². The van der Waals surface area contributed by atoms with Crippen molar-refractivity contribution in [3.8, 4) is 0 Å². The molecule has 0 amide bonds. The third-order valence-corrected chi connectivity index (χ3v) is 4.15. The van der Waals surface area contributed by atoms with Gasteiger partial charge in [-0.05, 0) is 43.7 Å². The van der Waals surface area contributed by atoms with Gasteiger partial charge in [0.15, 0.2) is 4.34 Å². The minimum absolute atomic E-state index is 0.178. The lowest BCUT2D eigenvalue weighted by molar-refractivity contribution is 0.734. The van der Waals surface area contributed by atoms with E-state index in [1.54, 1.807) is 23.1 Å². The van der Waals surface area contributed by atoms with Gasteiger partial charge in [0, 0.05) is 23.3 Å². The van der Waals surface area contributed by atoms with Gasteiger partial charge >= 0.3 is 0 Å². The van der Waals surface area contributed by atoms with E-state index in [0.717, 1.165) is 21.5 Å². The van der Waals surface area contributed by atoms with Crippen LogP contribution in [0.5, 0.6) is 0 Å². The highest BCUT2D eigenvalue weighted by molar-refractivity contribution is 8.00. The summed E-state index contributed by atoms with van der Waals surface area (Å²) < 4.78 is 1.04. The fourth-order valence-electron chi connectivity index (χ4n) is 1.43. The van der Waals surface area contributed by atoms with Gasteiger partial charge in [-0.3, -0.25) is 0 Å². The van der Waals surface area contributed by atoms with E-state index in [1.807, 2.05) is 31.5 Å². The van der Waals surface area contributed by atoms with Gasteiger partial charge in [0.05, 0.1) is 0 Å². The van der Waals surface area contributed by atoms with Crippen molar-refractivity contribution in [3.05, 3.63) is 35.0 Å². The first-order valence-corrected chi connectivity index (χ1v) is 7.13. The Morgan fingerprint density at radius 3 is 2.82 bits per heavy atom. The molecular weight excluding hydrogens is 250 g/mol. The van der Waals surface area contributed by atoms with Crippen LogP contribution in [0, 0.1) is 6.92 Å². The number of hydrogen-bond donors (Lipinski definition) is 1. The predicted molar refractivity (Wildman–Crippen MR) is 72.6 cm³/mol. The molecule has 3 nitrogen and oxygen atoms in total. The number of hydrogen-bond acceptors (Lipinski definition) is 5. The summed E-state index contributed by atoms with van der Waals surface area (Å²) in [5.74, 6) is 0. The molecule has 1 atom stereocenters. The van der Waals surface area contributed by atoms with Crippen molar-refractivity contribution < 1.29 is 0 Å². The summed E-state index contributed by atoms with van der Waals surface area (Å²) in [5, 5.41) is 3.03. The molecule has 1 unspecified atom stereocenters. The van der Waals surface area contributed by atoms with Crippen molar-refractivity contribution in [2.24, 2.45) is 5.73 Å². The molecule has 2 rings (SSSR count). The Balaban J connectivity index is 2.03. The number of nitrogens with two attached hydrogens (primary N) is 1. The Morgan fingerprint density at radius 1 is 1.47 bits per heavy atom. The van der Waals surface area contributed by atoms with Gasteiger partial charge in [-0.15, -0.1) is 11.3 Å². The average Bonchev–Trinajstić information content (AvgIpc) is 2.66.